The maximum absolute atomic E-state index is 10.0. The quantitative estimate of drug-likeness (QED) is 0.269. The van der Waals surface area contributed by atoms with E-state index in [2.05, 4.69) is 10.6 Å². The van der Waals surface area contributed by atoms with Crippen molar-refractivity contribution in [1.29, 1.82) is 0 Å². The number of carbonyl (C=O) groups is 2. The summed E-state index contributed by atoms with van der Waals surface area (Å²) in [7, 11) is 0. The van der Waals surface area contributed by atoms with Crippen molar-refractivity contribution >= 4 is 11.9 Å². The Morgan fingerprint density at radius 2 is 2.12 bits per heavy atom. The van der Waals surface area contributed by atoms with Crippen LogP contribution in [-0.4, -0.2) is 18.5 Å². The summed E-state index contributed by atoms with van der Waals surface area (Å²) in [5.41, 5.74) is 0. The molecule has 8 heavy (non-hydrogen) atoms. The molecular weight excluding hydrogens is 119 g/mol. The van der Waals surface area contributed by atoms with Crippen molar-refractivity contribution in [1.82, 2.24) is 5.32 Å². The van der Waals surface area contributed by atoms with Crippen molar-refractivity contribution in [3.05, 3.63) is 5.32 Å². The average molecular weight is 122 g/mol. The minimum atomic E-state index is -0.523. The number of nitrogens with one attached hydrogen (secondary N) is 1. The summed E-state index contributed by atoms with van der Waals surface area (Å²) in [6, 6.07) is -0.523. The Balaban J connectivity index is 0.000000490. The van der Waals surface area contributed by atoms with E-state index in [1.54, 1.807) is 0 Å². The molecule has 0 atom stereocenters. The van der Waals surface area contributed by atoms with Gasteiger partial charge in [0, 0.05) is 6.54 Å². The van der Waals surface area contributed by atoms with Gasteiger partial charge in [-0.1, -0.05) is 0 Å². The Morgan fingerprint density at radius 1 is 1.50 bits per heavy atom. The van der Waals surface area contributed by atoms with Crippen LogP contribution in [0.4, 0.5) is 4.79 Å². The van der Waals surface area contributed by atoms with Crippen LogP contribution in [0.1, 0.15) is 0 Å². The summed E-state index contributed by atoms with van der Waals surface area (Å²) in [5.74, 6) is -0.384. The van der Waals surface area contributed by atoms with Gasteiger partial charge in [0.25, 0.3) is 0 Å². The van der Waals surface area contributed by atoms with Crippen molar-refractivity contribution in [3.8, 4) is 0 Å². The molecule has 0 bridgehead atoms. The van der Waals surface area contributed by atoms with Gasteiger partial charge in [-0.25, -0.2) is 0 Å². The third-order valence-electron chi connectivity index (χ3n) is 0.617. The zero-order chi connectivity index (χ0) is 5.28. The largest absolute Gasteiger partial charge is 1.00 e. The molecule has 4 nitrogen and oxygen atoms in total. The zero-order valence-electron chi connectivity index (χ0n) is 4.47. The third-order valence-corrected chi connectivity index (χ3v) is 0.617. The van der Waals surface area contributed by atoms with Crippen LogP contribution in [0, 0.1) is 0 Å². The third kappa shape index (κ3) is 1.81. The molecule has 1 heterocycles. The number of urea groups is 1. The Morgan fingerprint density at radius 3 is 2.25 bits per heavy atom. The van der Waals surface area contributed by atoms with Gasteiger partial charge in [-0.3, -0.25) is 9.59 Å². The van der Waals surface area contributed by atoms with Crippen LogP contribution in [0.5, 0.6) is 0 Å². The maximum atomic E-state index is 10.0. The summed E-state index contributed by atoms with van der Waals surface area (Å²) < 4.78 is 0. The number of nitrogens with zero attached hydrogens (tertiary/aromatic N) is 1. The topological polar surface area (TPSA) is 60.3 Å². The van der Waals surface area contributed by atoms with Gasteiger partial charge in [-0.15, -0.1) is 0 Å². The molecule has 1 fully saturated rings. The van der Waals surface area contributed by atoms with Crippen LogP contribution >= 0.6 is 0 Å². The van der Waals surface area contributed by atoms with E-state index in [0.717, 1.165) is 0 Å². The molecule has 1 aliphatic rings. The second-order valence-electron chi connectivity index (χ2n) is 1.16. The normalized spacial score (nSPS) is 16.5. The molecule has 0 spiro atoms. The average Bonchev–Trinajstić information content (AvgIpc) is 1.87. The van der Waals surface area contributed by atoms with E-state index in [1.165, 1.54) is 0 Å². The van der Waals surface area contributed by atoms with E-state index < -0.39 is 6.03 Å². The fourth-order valence-electron chi connectivity index (χ4n) is 0.344. The summed E-state index contributed by atoms with van der Waals surface area (Å²) in [4.78, 5) is 20.0. The van der Waals surface area contributed by atoms with Crippen molar-refractivity contribution in [2.24, 2.45) is 0 Å². The van der Waals surface area contributed by atoms with Gasteiger partial charge in [0.2, 0.25) is 0 Å². The van der Waals surface area contributed by atoms with E-state index in [9.17, 15) is 9.59 Å². The van der Waals surface area contributed by atoms with Crippen LogP contribution in [-0.2, 0) is 4.79 Å². The molecule has 1 N–H and O–H groups in total. The molecule has 38 valence electrons. The molecule has 0 radical (unpaired) electrons. The monoisotopic (exact) mass is 122 g/mol. The number of rotatable bonds is 0. The van der Waals surface area contributed by atoms with E-state index in [0.29, 0.717) is 0 Å². The Labute approximate surface area is 68.3 Å². The van der Waals surface area contributed by atoms with E-state index in [-0.39, 0.29) is 42.0 Å². The van der Waals surface area contributed by atoms with Crippen molar-refractivity contribution in [3.63, 3.8) is 0 Å². The van der Waals surface area contributed by atoms with Gasteiger partial charge < -0.3 is 10.6 Å². The predicted octanol–water partition coefficient (Wildman–Crippen LogP) is -3.39. The maximum Gasteiger partial charge on any atom is 1.00 e. The molecule has 0 aromatic carbocycles. The molecule has 0 aliphatic carbocycles. The minimum Gasteiger partial charge on any atom is -0.442 e. The number of imide groups is 1. The van der Waals surface area contributed by atoms with Gasteiger partial charge in [0.15, 0.2) is 6.03 Å². The van der Waals surface area contributed by atoms with Crippen LogP contribution in [0.15, 0.2) is 0 Å². The molecule has 5 heteroatoms. The second-order valence-corrected chi connectivity index (χ2v) is 1.16. The molecule has 0 saturated carbocycles. The molecule has 3 amide bonds. The van der Waals surface area contributed by atoms with Gasteiger partial charge in [0.05, 0.1) is 0 Å². The molecule has 0 unspecified atom stereocenters. The molecular formula is C3H3N2NaO2. The first kappa shape index (κ1) is 7.94. The van der Waals surface area contributed by atoms with E-state index in [1.807, 2.05) is 0 Å². The van der Waals surface area contributed by atoms with E-state index >= 15 is 0 Å². The molecule has 0 aromatic heterocycles. The Bertz CT molecular complexity index is 110. The van der Waals surface area contributed by atoms with Crippen molar-refractivity contribution in [2.45, 2.75) is 0 Å². The fraction of sp³-hybridized carbons (Fsp3) is 0.333. The zero-order valence-corrected chi connectivity index (χ0v) is 6.47. The molecule has 1 aliphatic heterocycles. The first-order valence-corrected chi connectivity index (χ1v) is 1.81. The smallest absolute Gasteiger partial charge is 0.442 e. The summed E-state index contributed by atoms with van der Waals surface area (Å²) >= 11 is 0. The van der Waals surface area contributed by atoms with Crippen LogP contribution < -0.4 is 34.9 Å². The summed E-state index contributed by atoms with van der Waals surface area (Å²) in [6.45, 7) is 0.0683. The SMILES string of the molecule is O=C1CNC(=O)[N-]1.[Na+]. The number of hydrogen-bond acceptors (Lipinski definition) is 2. The summed E-state index contributed by atoms with van der Waals surface area (Å²) in [6.07, 6.45) is 0. The van der Waals surface area contributed by atoms with Crippen LogP contribution in [0.3, 0.4) is 0 Å². The first-order valence-electron chi connectivity index (χ1n) is 1.81. The standard InChI is InChI=1S/C3H4N2O2.Na/c6-2-1-4-3(7)5-2;/h1H2,(H2,4,5,6,7);/q;+1/p-1. The van der Waals surface area contributed by atoms with Crippen molar-refractivity contribution < 1.29 is 39.1 Å². The first-order chi connectivity index (χ1) is 3.29. The Kier molecular flexibility index (Phi) is 3.04. The predicted molar refractivity (Wildman–Crippen MR) is 21.8 cm³/mol. The molecule has 0 aromatic rings. The van der Waals surface area contributed by atoms with Crippen LogP contribution in [0.25, 0.3) is 5.32 Å². The van der Waals surface area contributed by atoms with Gasteiger partial charge in [-0.05, 0) is 0 Å². The summed E-state index contributed by atoms with van der Waals surface area (Å²) in [5, 5.41) is 5.21. The van der Waals surface area contributed by atoms with Gasteiger partial charge in [-0.2, -0.15) is 0 Å². The van der Waals surface area contributed by atoms with Crippen LogP contribution in [0.2, 0.25) is 0 Å². The van der Waals surface area contributed by atoms with Crippen molar-refractivity contribution in [2.75, 3.05) is 6.54 Å². The number of hydrogen-bond donors (Lipinski definition) is 1. The minimum absolute atomic E-state index is 0. The molecule has 1 rings (SSSR count). The van der Waals surface area contributed by atoms with Gasteiger partial charge >= 0.3 is 29.6 Å². The Hall–Kier alpha value is -0.0600. The molecule has 1 saturated heterocycles. The number of carbonyl (C=O) groups excluding carboxylic acids is 2. The van der Waals surface area contributed by atoms with Gasteiger partial charge in [0.1, 0.15) is 5.91 Å². The fourth-order valence-corrected chi connectivity index (χ4v) is 0.344. The second kappa shape index (κ2) is 3.06. The number of amides is 3. The van der Waals surface area contributed by atoms with E-state index in [4.69, 9.17) is 0 Å².